The van der Waals surface area contributed by atoms with Gasteiger partial charge in [-0.2, -0.15) is 0 Å². The van der Waals surface area contributed by atoms with Crippen molar-refractivity contribution in [1.82, 2.24) is 5.48 Å². The Bertz CT molecular complexity index is 330. The number of amidine groups is 1. The molecule has 0 radical (unpaired) electrons. The van der Waals surface area contributed by atoms with Crippen LogP contribution < -0.4 is 5.48 Å². The molecule has 19 heavy (non-hydrogen) atoms. The summed E-state index contributed by atoms with van der Waals surface area (Å²) in [6.45, 7) is 0. The zero-order chi connectivity index (χ0) is 13.5. The van der Waals surface area contributed by atoms with Crippen molar-refractivity contribution < 1.29 is 10.4 Å². The molecule has 2 aliphatic rings. The summed E-state index contributed by atoms with van der Waals surface area (Å²) in [5.74, 6) is 0.599. The van der Waals surface area contributed by atoms with Gasteiger partial charge in [0.2, 0.25) is 0 Å². The van der Waals surface area contributed by atoms with Crippen molar-refractivity contribution in [3.05, 3.63) is 0 Å². The van der Waals surface area contributed by atoms with Crippen LogP contribution in [-0.2, 0) is 0 Å². The van der Waals surface area contributed by atoms with E-state index in [0.29, 0.717) is 11.5 Å². The molecule has 0 amide bonds. The quantitative estimate of drug-likeness (QED) is 0.318. The van der Waals surface area contributed by atoms with E-state index < -0.39 is 0 Å². The highest BCUT2D eigenvalue weighted by Crippen LogP contribution is 2.26. The van der Waals surface area contributed by atoms with E-state index in [9.17, 15) is 10.4 Å². The minimum absolute atomic E-state index is 0.223. The number of nitrogens with zero attached hydrogens (tertiary/aromatic N) is 2. The van der Waals surface area contributed by atoms with Crippen LogP contribution in [0, 0.1) is 5.92 Å². The van der Waals surface area contributed by atoms with Crippen molar-refractivity contribution in [2.75, 3.05) is 0 Å². The van der Waals surface area contributed by atoms with Gasteiger partial charge in [-0.15, -0.1) is 0 Å². The zero-order valence-corrected chi connectivity index (χ0v) is 11.5. The Labute approximate surface area is 114 Å². The smallest absolute Gasteiger partial charge is 0.170 e. The second-order valence-electron chi connectivity index (χ2n) is 5.70. The maximum Gasteiger partial charge on any atom is 0.170 e. The van der Waals surface area contributed by atoms with Crippen LogP contribution >= 0.6 is 0 Å². The predicted molar refractivity (Wildman–Crippen MR) is 75.0 cm³/mol. The number of hydroxylamine groups is 1. The van der Waals surface area contributed by atoms with Crippen LogP contribution in [0.3, 0.4) is 0 Å². The second-order valence-corrected chi connectivity index (χ2v) is 5.70. The fourth-order valence-corrected chi connectivity index (χ4v) is 3.24. The maximum absolute atomic E-state index is 9.32. The fourth-order valence-electron chi connectivity index (χ4n) is 3.24. The molecule has 5 nitrogen and oxygen atoms in total. The molecule has 2 rings (SSSR count). The molecule has 0 bridgehead atoms. The zero-order valence-electron chi connectivity index (χ0n) is 11.5. The third-order valence-electron chi connectivity index (χ3n) is 4.33. The third-order valence-corrected chi connectivity index (χ3v) is 4.33. The first kappa shape index (κ1) is 14.3. The number of hydrogen-bond donors (Lipinski definition) is 3. The summed E-state index contributed by atoms with van der Waals surface area (Å²) in [7, 11) is 0. The first-order valence-corrected chi connectivity index (χ1v) is 7.55. The second kappa shape index (κ2) is 7.48. The molecule has 0 aromatic rings. The van der Waals surface area contributed by atoms with Crippen LogP contribution in [0.4, 0.5) is 0 Å². The van der Waals surface area contributed by atoms with Crippen LogP contribution in [0.5, 0.6) is 0 Å². The van der Waals surface area contributed by atoms with Gasteiger partial charge >= 0.3 is 0 Å². The van der Waals surface area contributed by atoms with Gasteiger partial charge in [0.25, 0.3) is 0 Å². The van der Waals surface area contributed by atoms with Gasteiger partial charge in [-0.1, -0.05) is 43.7 Å². The van der Waals surface area contributed by atoms with Gasteiger partial charge in [-0.05, 0) is 25.7 Å². The highest BCUT2D eigenvalue weighted by atomic mass is 16.5. The predicted octanol–water partition coefficient (Wildman–Crippen LogP) is 3.11. The molecule has 0 aromatic heterocycles. The lowest BCUT2D eigenvalue weighted by molar-refractivity contribution is 0.233. The van der Waals surface area contributed by atoms with Crippen LogP contribution in [0.2, 0.25) is 0 Å². The van der Waals surface area contributed by atoms with Crippen LogP contribution in [0.15, 0.2) is 10.1 Å². The minimum Gasteiger partial charge on any atom is -0.411 e. The van der Waals surface area contributed by atoms with Crippen molar-refractivity contribution in [2.24, 2.45) is 16.1 Å². The van der Waals surface area contributed by atoms with Crippen LogP contribution in [0.25, 0.3) is 0 Å². The van der Waals surface area contributed by atoms with E-state index in [0.717, 1.165) is 38.5 Å². The molecule has 5 heteroatoms. The lowest BCUT2D eigenvalue weighted by Gasteiger charge is -2.24. The maximum atomic E-state index is 9.32. The average Bonchev–Trinajstić information content (AvgIpc) is 2.49. The van der Waals surface area contributed by atoms with Crippen molar-refractivity contribution in [2.45, 2.75) is 70.3 Å². The Morgan fingerprint density at radius 1 is 0.895 bits per heavy atom. The highest BCUT2D eigenvalue weighted by Gasteiger charge is 2.25. The Morgan fingerprint density at radius 2 is 1.47 bits per heavy atom. The molecular formula is C14H25N3O2. The summed E-state index contributed by atoms with van der Waals surface area (Å²) < 4.78 is 0. The molecule has 0 aromatic carbocycles. The Kier molecular flexibility index (Phi) is 5.63. The first-order valence-electron chi connectivity index (χ1n) is 7.55. The van der Waals surface area contributed by atoms with Gasteiger partial charge in [-0.3, -0.25) is 15.7 Å². The van der Waals surface area contributed by atoms with E-state index in [4.69, 9.17) is 0 Å². The summed E-state index contributed by atoms with van der Waals surface area (Å²) >= 11 is 0. The molecule has 0 unspecified atom stereocenters. The van der Waals surface area contributed by atoms with Gasteiger partial charge in [0, 0.05) is 5.92 Å². The van der Waals surface area contributed by atoms with Gasteiger partial charge in [0.1, 0.15) is 5.71 Å². The van der Waals surface area contributed by atoms with E-state index in [1.807, 2.05) is 0 Å². The van der Waals surface area contributed by atoms with Crippen molar-refractivity contribution >= 4 is 11.5 Å². The normalized spacial score (nSPS) is 24.5. The van der Waals surface area contributed by atoms with Crippen molar-refractivity contribution in [3.8, 4) is 0 Å². The molecule has 0 aliphatic heterocycles. The van der Waals surface area contributed by atoms with Gasteiger partial charge < -0.3 is 5.21 Å². The average molecular weight is 267 g/mol. The summed E-state index contributed by atoms with van der Waals surface area (Å²) in [6, 6.07) is 0.253. The fraction of sp³-hybridized carbons (Fsp3) is 0.857. The monoisotopic (exact) mass is 267 g/mol. The van der Waals surface area contributed by atoms with E-state index in [-0.39, 0.29) is 12.0 Å². The summed E-state index contributed by atoms with van der Waals surface area (Å²) in [4.78, 5) is 4.57. The Hall–Kier alpha value is -1.10. The Morgan fingerprint density at radius 3 is 2.00 bits per heavy atom. The van der Waals surface area contributed by atoms with Crippen LogP contribution in [-0.4, -0.2) is 28.0 Å². The molecule has 2 aliphatic carbocycles. The minimum atomic E-state index is 0.223. The van der Waals surface area contributed by atoms with E-state index >= 15 is 0 Å². The van der Waals surface area contributed by atoms with E-state index in [1.165, 1.54) is 25.7 Å². The molecular weight excluding hydrogens is 242 g/mol. The van der Waals surface area contributed by atoms with Gasteiger partial charge in [-0.25, -0.2) is 0 Å². The topological polar surface area (TPSA) is 77.2 Å². The van der Waals surface area contributed by atoms with E-state index in [2.05, 4.69) is 15.6 Å². The number of aliphatic imine (C=N–C) groups is 1. The van der Waals surface area contributed by atoms with Crippen LogP contribution in [0.1, 0.15) is 64.2 Å². The SMILES string of the molecule is O/N=C(\C(=NC1CCCCC1)NO)C1CCCCC1. The number of oxime groups is 1. The largest absolute Gasteiger partial charge is 0.411 e. The lowest BCUT2D eigenvalue weighted by atomic mass is 9.85. The highest BCUT2D eigenvalue weighted by molar-refractivity contribution is 6.41. The summed E-state index contributed by atoms with van der Waals surface area (Å²) in [5, 5.41) is 22.0. The summed E-state index contributed by atoms with van der Waals surface area (Å²) in [5.41, 5.74) is 2.69. The molecule has 2 fully saturated rings. The lowest BCUT2D eigenvalue weighted by Crippen LogP contribution is -2.36. The van der Waals surface area contributed by atoms with Gasteiger partial charge in [0.15, 0.2) is 5.84 Å². The number of rotatable bonds is 3. The standard InChI is InChI=1S/C14H25N3O2/c18-16-13(11-7-3-1-4-8-11)14(17-19)15-12-9-5-2-6-10-12/h11-12,18-19H,1-10H2,(H,15,17)/b16-13-. The number of hydrogen-bond acceptors (Lipinski definition) is 4. The van der Waals surface area contributed by atoms with Crippen molar-refractivity contribution in [1.29, 1.82) is 0 Å². The number of nitrogens with one attached hydrogen (secondary N) is 1. The molecule has 0 saturated heterocycles. The third kappa shape index (κ3) is 3.93. The van der Waals surface area contributed by atoms with E-state index in [1.54, 1.807) is 0 Å². The molecule has 108 valence electrons. The van der Waals surface area contributed by atoms with Crippen molar-refractivity contribution in [3.63, 3.8) is 0 Å². The molecule has 3 N–H and O–H groups in total. The summed E-state index contributed by atoms with van der Waals surface area (Å²) in [6.07, 6.45) is 11.4. The first-order chi connectivity index (χ1) is 9.35. The molecule has 2 saturated carbocycles. The molecule has 0 heterocycles. The molecule has 0 atom stereocenters. The molecule has 0 spiro atoms. The Balaban J connectivity index is 2.06. The van der Waals surface area contributed by atoms with Gasteiger partial charge in [0.05, 0.1) is 6.04 Å².